The Kier molecular flexibility index (Phi) is 4.72. The van der Waals surface area contributed by atoms with E-state index in [0.29, 0.717) is 5.54 Å². The minimum absolute atomic E-state index is 0.338. The van der Waals surface area contributed by atoms with Gasteiger partial charge in [0.25, 0.3) is 0 Å². The van der Waals surface area contributed by atoms with Crippen molar-refractivity contribution in [1.82, 2.24) is 10.2 Å². The molecule has 1 aliphatic heterocycles. The number of halogens is 1. The highest BCUT2D eigenvalue weighted by molar-refractivity contribution is 6.31. The number of benzene rings is 1. The molecule has 1 saturated carbocycles. The van der Waals surface area contributed by atoms with Crippen molar-refractivity contribution in [2.45, 2.75) is 44.2 Å². The van der Waals surface area contributed by atoms with Crippen LogP contribution in [-0.4, -0.2) is 37.2 Å². The molecule has 3 nitrogen and oxygen atoms in total. The number of hydrogen-bond donors (Lipinski definition) is 1. The highest BCUT2D eigenvalue weighted by Crippen LogP contribution is 2.33. The van der Waals surface area contributed by atoms with E-state index in [1.807, 2.05) is 18.2 Å². The van der Waals surface area contributed by atoms with E-state index < -0.39 is 0 Å². The first kappa shape index (κ1) is 15.1. The number of methoxy groups -OCH3 is 1. The van der Waals surface area contributed by atoms with Crippen LogP contribution in [0.5, 0.6) is 5.75 Å². The fourth-order valence-corrected chi connectivity index (χ4v) is 4.07. The van der Waals surface area contributed by atoms with Crippen LogP contribution in [0.25, 0.3) is 0 Å². The van der Waals surface area contributed by atoms with Gasteiger partial charge in [-0.1, -0.05) is 36.9 Å². The lowest BCUT2D eigenvalue weighted by atomic mass is 9.80. The first-order chi connectivity index (χ1) is 10.2. The van der Waals surface area contributed by atoms with E-state index in [1.165, 1.54) is 32.1 Å². The van der Waals surface area contributed by atoms with Crippen molar-refractivity contribution in [3.63, 3.8) is 0 Å². The largest absolute Gasteiger partial charge is 0.496 e. The average Bonchev–Trinajstić information content (AvgIpc) is 2.50. The number of ether oxygens (including phenoxy) is 1. The van der Waals surface area contributed by atoms with Crippen LogP contribution < -0.4 is 10.1 Å². The third-order valence-corrected chi connectivity index (χ3v) is 5.30. The number of rotatable bonds is 3. The molecule has 21 heavy (non-hydrogen) atoms. The summed E-state index contributed by atoms with van der Waals surface area (Å²) >= 11 is 6.38. The zero-order valence-corrected chi connectivity index (χ0v) is 13.6. The Bertz CT molecular complexity index is 480. The van der Waals surface area contributed by atoms with Crippen LogP contribution in [0.15, 0.2) is 18.2 Å². The van der Waals surface area contributed by atoms with Crippen LogP contribution in [0, 0.1) is 0 Å². The Hall–Kier alpha value is -0.770. The third kappa shape index (κ3) is 3.36. The second-order valence-corrected chi connectivity index (χ2v) is 6.81. The molecule has 2 aliphatic rings. The van der Waals surface area contributed by atoms with Crippen molar-refractivity contribution in [2.75, 3.05) is 26.7 Å². The molecule has 0 bridgehead atoms. The second kappa shape index (κ2) is 6.55. The molecule has 1 aromatic rings. The lowest BCUT2D eigenvalue weighted by molar-refractivity contribution is 0.0939. The lowest BCUT2D eigenvalue weighted by Gasteiger charge is -2.46. The van der Waals surface area contributed by atoms with Gasteiger partial charge in [0.15, 0.2) is 0 Å². The molecular formula is C17H25ClN2O. The first-order valence-corrected chi connectivity index (χ1v) is 8.39. The van der Waals surface area contributed by atoms with Crippen molar-refractivity contribution >= 4 is 11.6 Å². The molecule has 3 rings (SSSR count). The topological polar surface area (TPSA) is 24.5 Å². The summed E-state index contributed by atoms with van der Waals surface area (Å²) < 4.78 is 5.48. The van der Waals surface area contributed by atoms with Gasteiger partial charge in [-0.15, -0.1) is 0 Å². The minimum Gasteiger partial charge on any atom is -0.496 e. The monoisotopic (exact) mass is 308 g/mol. The molecule has 1 spiro atoms. The maximum atomic E-state index is 6.38. The highest BCUT2D eigenvalue weighted by atomic mass is 35.5. The summed E-state index contributed by atoms with van der Waals surface area (Å²) in [5.74, 6) is 0.902. The van der Waals surface area contributed by atoms with Gasteiger partial charge >= 0.3 is 0 Å². The summed E-state index contributed by atoms with van der Waals surface area (Å²) in [6, 6.07) is 5.91. The molecule has 116 valence electrons. The zero-order chi connectivity index (χ0) is 14.7. The van der Waals surface area contributed by atoms with Gasteiger partial charge in [0.05, 0.1) is 7.11 Å². The van der Waals surface area contributed by atoms with E-state index in [-0.39, 0.29) is 0 Å². The molecule has 0 radical (unpaired) electrons. The Balaban J connectivity index is 1.73. The molecule has 0 aromatic heterocycles. The second-order valence-electron chi connectivity index (χ2n) is 6.40. The molecule has 4 heteroatoms. The van der Waals surface area contributed by atoms with Gasteiger partial charge in [-0.25, -0.2) is 0 Å². The maximum Gasteiger partial charge on any atom is 0.124 e. The van der Waals surface area contributed by atoms with Crippen molar-refractivity contribution < 1.29 is 4.74 Å². The molecule has 1 aliphatic carbocycles. The Labute approximate surface area is 132 Å². The van der Waals surface area contributed by atoms with Crippen molar-refractivity contribution in [1.29, 1.82) is 0 Å². The predicted molar refractivity (Wildman–Crippen MR) is 87.1 cm³/mol. The van der Waals surface area contributed by atoms with Gasteiger partial charge in [0.1, 0.15) is 5.75 Å². The standard InChI is InChI=1S/C17H25ClN2O/c1-21-16-7-5-6-15(18)14(16)12-20-11-10-19-17(13-20)8-3-2-4-9-17/h5-7,19H,2-4,8-13H2,1H3. The Morgan fingerprint density at radius 3 is 2.86 bits per heavy atom. The number of piperazine rings is 1. The summed E-state index contributed by atoms with van der Waals surface area (Å²) in [6.45, 7) is 4.16. The van der Waals surface area contributed by atoms with Crippen molar-refractivity contribution in [2.24, 2.45) is 0 Å². The van der Waals surface area contributed by atoms with E-state index in [9.17, 15) is 0 Å². The lowest BCUT2D eigenvalue weighted by Crippen LogP contribution is -2.60. The van der Waals surface area contributed by atoms with E-state index in [0.717, 1.165) is 42.5 Å². The minimum atomic E-state index is 0.338. The molecule has 1 aromatic carbocycles. The normalized spacial score (nSPS) is 22.4. The van der Waals surface area contributed by atoms with Crippen LogP contribution in [0.4, 0.5) is 0 Å². The van der Waals surface area contributed by atoms with Gasteiger partial charge in [-0.2, -0.15) is 0 Å². The highest BCUT2D eigenvalue weighted by Gasteiger charge is 2.36. The summed E-state index contributed by atoms with van der Waals surface area (Å²) in [7, 11) is 1.72. The van der Waals surface area contributed by atoms with Gasteiger partial charge < -0.3 is 10.1 Å². The van der Waals surface area contributed by atoms with Crippen LogP contribution in [-0.2, 0) is 6.54 Å². The van der Waals surface area contributed by atoms with Crippen LogP contribution >= 0.6 is 11.6 Å². The fraction of sp³-hybridized carbons (Fsp3) is 0.647. The zero-order valence-electron chi connectivity index (χ0n) is 12.8. The molecule has 0 unspecified atom stereocenters. The molecule has 0 amide bonds. The average molecular weight is 309 g/mol. The van der Waals surface area contributed by atoms with Gasteiger partial charge in [-0.05, 0) is 25.0 Å². The summed E-state index contributed by atoms with van der Waals surface area (Å²) in [5.41, 5.74) is 1.46. The molecular weight excluding hydrogens is 284 g/mol. The van der Waals surface area contributed by atoms with Crippen LogP contribution in [0.2, 0.25) is 5.02 Å². The number of nitrogens with zero attached hydrogens (tertiary/aromatic N) is 1. The molecule has 2 fully saturated rings. The van der Waals surface area contributed by atoms with Gasteiger partial charge in [0, 0.05) is 42.3 Å². The molecule has 0 atom stereocenters. The smallest absolute Gasteiger partial charge is 0.124 e. The van der Waals surface area contributed by atoms with Crippen molar-refractivity contribution in [3.8, 4) is 5.75 Å². The number of hydrogen-bond acceptors (Lipinski definition) is 3. The van der Waals surface area contributed by atoms with E-state index in [2.05, 4.69) is 10.2 Å². The molecule has 1 N–H and O–H groups in total. The van der Waals surface area contributed by atoms with Crippen LogP contribution in [0.3, 0.4) is 0 Å². The molecule has 1 heterocycles. The molecule has 1 saturated heterocycles. The van der Waals surface area contributed by atoms with Gasteiger partial charge in [0.2, 0.25) is 0 Å². The predicted octanol–water partition coefficient (Wildman–Crippen LogP) is 3.46. The maximum absolute atomic E-state index is 6.38. The third-order valence-electron chi connectivity index (χ3n) is 4.94. The SMILES string of the molecule is COc1cccc(Cl)c1CN1CCNC2(CCCCC2)C1. The Morgan fingerprint density at radius 1 is 1.29 bits per heavy atom. The Morgan fingerprint density at radius 2 is 2.10 bits per heavy atom. The van der Waals surface area contributed by atoms with E-state index >= 15 is 0 Å². The fourth-order valence-electron chi connectivity index (χ4n) is 3.85. The summed E-state index contributed by atoms with van der Waals surface area (Å²) in [6.07, 6.45) is 6.72. The summed E-state index contributed by atoms with van der Waals surface area (Å²) in [4.78, 5) is 2.53. The van der Waals surface area contributed by atoms with Gasteiger partial charge in [-0.3, -0.25) is 4.90 Å². The number of nitrogens with one attached hydrogen (secondary N) is 1. The van der Waals surface area contributed by atoms with Crippen molar-refractivity contribution in [3.05, 3.63) is 28.8 Å². The first-order valence-electron chi connectivity index (χ1n) is 8.01. The van der Waals surface area contributed by atoms with E-state index in [1.54, 1.807) is 7.11 Å². The van der Waals surface area contributed by atoms with E-state index in [4.69, 9.17) is 16.3 Å². The van der Waals surface area contributed by atoms with Crippen LogP contribution in [0.1, 0.15) is 37.7 Å². The quantitative estimate of drug-likeness (QED) is 0.925. The summed E-state index contributed by atoms with van der Waals surface area (Å²) in [5, 5.41) is 4.60.